The summed E-state index contributed by atoms with van der Waals surface area (Å²) in [5, 5.41) is 14.2. The molecule has 1 aliphatic carbocycles. The van der Waals surface area contributed by atoms with E-state index in [0.29, 0.717) is 18.3 Å². The van der Waals surface area contributed by atoms with Gasteiger partial charge in [0.2, 0.25) is 0 Å². The number of anilines is 1. The zero-order valence-electron chi connectivity index (χ0n) is 14.7. The van der Waals surface area contributed by atoms with Gasteiger partial charge < -0.3 is 19.3 Å². The number of pyridine rings is 1. The van der Waals surface area contributed by atoms with Crippen LogP contribution in [-0.2, 0) is 4.74 Å². The summed E-state index contributed by atoms with van der Waals surface area (Å²) in [6, 6.07) is 3.84. The maximum Gasteiger partial charge on any atom is 0.261 e. The van der Waals surface area contributed by atoms with Gasteiger partial charge in [-0.3, -0.25) is 0 Å². The molecular weight excluding hydrogens is 320 g/mol. The van der Waals surface area contributed by atoms with Gasteiger partial charge in [-0.2, -0.15) is 4.98 Å². The third-order valence-corrected chi connectivity index (χ3v) is 5.65. The van der Waals surface area contributed by atoms with E-state index in [1.807, 2.05) is 19.1 Å². The number of aliphatic hydroxyl groups is 1. The highest BCUT2D eigenvalue weighted by atomic mass is 16.5. The monoisotopic (exact) mass is 344 g/mol. The van der Waals surface area contributed by atoms with Crippen LogP contribution in [0.15, 0.2) is 22.9 Å². The lowest BCUT2D eigenvalue weighted by atomic mass is 9.58. The van der Waals surface area contributed by atoms with Crippen molar-refractivity contribution in [3.05, 3.63) is 24.2 Å². The molecule has 1 saturated carbocycles. The normalized spacial score (nSPS) is 25.2. The first-order chi connectivity index (χ1) is 12.1. The zero-order chi connectivity index (χ0) is 17.4. The van der Waals surface area contributed by atoms with Crippen molar-refractivity contribution in [2.75, 3.05) is 24.6 Å². The molecule has 4 rings (SSSR count). The van der Waals surface area contributed by atoms with Crippen LogP contribution in [0.25, 0.3) is 11.5 Å². The molecule has 2 aromatic heterocycles. The van der Waals surface area contributed by atoms with Gasteiger partial charge in [0.15, 0.2) is 5.82 Å². The number of hydrogen-bond acceptors (Lipinski definition) is 7. The quantitative estimate of drug-likeness (QED) is 0.910. The summed E-state index contributed by atoms with van der Waals surface area (Å²) in [5.74, 6) is 1.97. The standard InChI is InChI=1S/C18H24N4O3/c1-3-24-15-11-14(23)18(15)6-9-22(10-7-18)16-13(5-4-8-19-16)17-20-12(2)21-25-17/h4-5,8,14-15,23H,3,6-7,9-11H2,1-2H3. The molecule has 0 amide bonds. The first kappa shape index (κ1) is 16.5. The van der Waals surface area contributed by atoms with Gasteiger partial charge >= 0.3 is 0 Å². The van der Waals surface area contributed by atoms with Gasteiger partial charge in [-0.1, -0.05) is 5.16 Å². The number of hydrogen-bond donors (Lipinski definition) is 1. The van der Waals surface area contributed by atoms with Crippen LogP contribution in [0.5, 0.6) is 0 Å². The molecule has 2 aromatic rings. The van der Waals surface area contributed by atoms with E-state index in [-0.39, 0.29) is 17.6 Å². The first-order valence-electron chi connectivity index (χ1n) is 8.94. The van der Waals surface area contributed by atoms with E-state index in [9.17, 15) is 5.11 Å². The fraction of sp³-hybridized carbons (Fsp3) is 0.611. The van der Waals surface area contributed by atoms with E-state index in [0.717, 1.165) is 43.7 Å². The lowest BCUT2D eigenvalue weighted by Crippen LogP contribution is -2.62. The van der Waals surface area contributed by atoms with Crippen LogP contribution in [0.4, 0.5) is 5.82 Å². The van der Waals surface area contributed by atoms with Gasteiger partial charge in [0.1, 0.15) is 5.82 Å². The number of aromatic nitrogens is 3. The number of aliphatic hydroxyl groups excluding tert-OH is 1. The summed E-state index contributed by atoms with van der Waals surface area (Å²) in [6.45, 7) is 6.18. The van der Waals surface area contributed by atoms with E-state index in [1.165, 1.54) is 0 Å². The van der Waals surface area contributed by atoms with E-state index >= 15 is 0 Å². The smallest absolute Gasteiger partial charge is 0.261 e. The fourth-order valence-electron chi connectivity index (χ4n) is 4.17. The topological polar surface area (TPSA) is 84.5 Å². The van der Waals surface area contributed by atoms with Gasteiger partial charge in [-0.15, -0.1) is 0 Å². The van der Waals surface area contributed by atoms with Gasteiger partial charge in [0.25, 0.3) is 5.89 Å². The molecule has 1 spiro atoms. The van der Waals surface area contributed by atoms with Crippen molar-refractivity contribution < 1.29 is 14.4 Å². The third-order valence-electron chi connectivity index (χ3n) is 5.65. The Labute approximate surface area is 147 Å². The van der Waals surface area contributed by atoms with Crippen LogP contribution < -0.4 is 4.90 Å². The molecule has 7 nitrogen and oxygen atoms in total. The highest BCUT2D eigenvalue weighted by molar-refractivity contribution is 5.69. The summed E-state index contributed by atoms with van der Waals surface area (Å²) in [4.78, 5) is 11.1. The van der Waals surface area contributed by atoms with Crippen LogP contribution in [0.3, 0.4) is 0 Å². The van der Waals surface area contributed by atoms with Crippen molar-refractivity contribution in [2.45, 2.75) is 45.3 Å². The first-order valence-corrected chi connectivity index (χ1v) is 8.94. The minimum atomic E-state index is -0.256. The molecule has 1 saturated heterocycles. The minimum Gasteiger partial charge on any atom is -0.392 e. The van der Waals surface area contributed by atoms with Crippen molar-refractivity contribution in [2.24, 2.45) is 5.41 Å². The third kappa shape index (κ3) is 2.71. The second-order valence-corrected chi connectivity index (χ2v) is 6.94. The second kappa shape index (κ2) is 6.38. The molecule has 0 radical (unpaired) electrons. The average molecular weight is 344 g/mol. The Kier molecular flexibility index (Phi) is 4.21. The number of ether oxygens (including phenoxy) is 1. The summed E-state index contributed by atoms with van der Waals surface area (Å²) in [5.41, 5.74) is 0.761. The number of nitrogens with zero attached hydrogens (tertiary/aromatic N) is 4. The van der Waals surface area contributed by atoms with Crippen LogP contribution in [0.2, 0.25) is 0 Å². The maximum absolute atomic E-state index is 10.4. The Balaban J connectivity index is 1.54. The van der Waals surface area contributed by atoms with Crippen molar-refractivity contribution in [1.29, 1.82) is 0 Å². The molecule has 2 unspecified atom stereocenters. The van der Waals surface area contributed by atoms with Crippen LogP contribution in [0, 0.1) is 12.3 Å². The van der Waals surface area contributed by atoms with Crippen molar-refractivity contribution in [3.63, 3.8) is 0 Å². The highest BCUT2D eigenvalue weighted by Crippen LogP contribution is 2.51. The number of piperidine rings is 1. The predicted octanol–water partition coefficient (Wildman–Crippen LogP) is 2.20. The largest absolute Gasteiger partial charge is 0.392 e. The zero-order valence-corrected chi connectivity index (χ0v) is 14.7. The van der Waals surface area contributed by atoms with Crippen molar-refractivity contribution in [1.82, 2.24) is 15.1 Å². The summed E-state index contributed by atoms with van der Waals surface area (Å²) >= 11 is 0. The molecule has 2 fully saturated rings. The minimum absolute atomic E-state index is 0.0947. The van der Waals surface area contributed by atoms with Gasteiger partial charge in [0.05, 0.1) is 17.8 Å². The Hall–Kier alpha value is -1.99. The second-order valence-electron chi connectivity index (χ2n) is 6.94. The molecule has 1 N–H and O–H groups in total. The molecule has 0 bridgehead atoms. The highest BCUT2D eigenvalue weighted by Gasteiger charge is 2.56. The van der Waals surface area contributed by atoms with Crippen molar-refractivity contribution in [3.8, 4) is 11.5 Å². The van der Waals surface area contributed by atoms with Crippen LogP contribution in [0.1, 0.15) is 32.0 Å². The Morgan fingerprint density at radius 2 is 2.20 bits per heavy atom. The van der Waals surface area contributed by atoms with E-state index in [2.05, 4.69) is 20.0 Å². The molecule has 25 heavy (non-hydrogen) atoms. The van der Waals surface area contributed by atoms with E-state index in [1.54, 1.807) is 13.1 Å². The fourth-order valence-corrected chi connectivity index (χ4v) is 4.17. The van der Waals surface area contributed by atoms with Crippen molar-refractivity contribution >= 4 is 5.82 Å². The Bertz CT molecular complexity index is 737. The molecule has 1 aliphatic heterocycles. The molecule has 134 valence electrons. The maximum atomic E-state index is 10.4. The molecular formula is C18H24N4O3. The molecule has 2 aliphatic rings. The average Bonchev–Trinajstić information content (AvgIpc) is 3.08. The lowest BCUT2D eigenvalue weighted by molar-refractivity contribution is -0.199. The predicted molar refractivity (Wildman–Crippen MR) is 92.2 cm³/mol. The van der Waals surface area contributed by atoms with Gasteiger partial charge in [-0.05, 0) is 38.8 Å². The number of aryl methyl sites for hydroxylation is 1. The summed E-state index contributed by atoms with van der Waals surface area (Å²) in [6.07, 6.45) is 4.26. The summed E-state index contributed by atoms with van der Waals surface area (Å²) in [7, 11) is 0. The van der Waals surface area contributed by atoms with E-state index in [4.69, 9.17) is 9.26 Å². The van der Waals surface area contributed by atoms with Gasteiger partial charge in [-0.25, -0.2) is 4.98 Å². The van der Waals surface area contributed by atoms with Crippen LogP contribution in [-0.4, -0.2) is 52.1 Å². The molecule has 3 heterocycles. The molecule has 2 atom stereocenters. The summed E-state index contributed by atoms with van der Waals surface area (Å²) < 4.78 is 11.2. The lowest BCUT2D eigenvalue weighted by Gasteiger charge is -2.56. The SMILES string of the molecule is CCOC1CC(O)C12CCN(c1ncccc1-c1nc(C)no1)CC2. The molecule has 7 heteroatoms. The molecule has 0 aromatic carbocycles. The Morgan fingerprint density at radius 3 is 2.84 bits per heavy atom. The van der Waals surface area contributed by atoms with E-state index < -0.39 is 0 Å². The number of rotatable bonds is 4. The van der Waals surface area contributed by atoms with Crippen LogP contribution >= 0.6 is 0 Å². The van der Waals surface area contributed by atoms with Gasteiger partial charge in [0, 0.05) is 37.7 Å². The Morgan fingerprint density at radius 1 is 1.40 bits per heavy atom.